The van der Waals surface area contributed by atoms with Crippen LogP contribution in [0.15, 0.2) is 41.5 Å². The second kappa shape index (κ2) is 11.0. The van der Waals surface area contributed by atoms with E-state index in [4.69, 9.17) is 21.1 Å². The summed E-state index contributed by atoms with van der Waals surface area (Å²) in [5, 5.41) is 4.32. The number of carbonyl (C=O) groups is 1. The highest BCUT2D eigenvalue weighted by Crippen LogP contribution is 2.28. The smallest absolute Gasteiger partial charge is 0.260 e. The van der Waals surface area contributed by atoms with Gasteiger partial charge in [0.2, 0.25) is 10.0 Å². The Kier molecular flexibility index (Phi) is 8.70. The van der Waals surface area contributed by atoms with E-state index in [-0.39, 0.29) is 0 Å². The normalized spacial score (nSPS) is 11.4. The van der Waals surface area contributed by atoms with Crippen molar-refractivity contribution in [2.24, 2.45) is 5.10 Å². The molecular weight excluding hydrogens is 442 g/mol. The second-order valence-electron chi connectivity index (χ2n) is 6.57. The molecule has 2 aromatic rings. The van der Waals surface area contributed by atoms with Gasteiger partial charge in [0, 0.05) is 5.02 Å². The highest BCUT2D eigenvalue weighted by atomic mass is 35.5. The van der Waals surface area contributed by atoms with E-state index in [1.165, 1.54) is 12.3 Å². The highest BCUT2D eigenvalue weighted by Gasteiger charge is 2.21. The maximum atomic E-state index is 12.3. The monoisotopic (exact) mass is 467 g/mol. The molecule has 10 heteroatoms. The number of rotatable bonds is 10. The van der Waals surface area contributed by atoms with Gasteiger partial charge in [0.15, 0.2) is 11.5 Å². The fourth-order valence-electron chi connectivity index (χ4n) is 2.63. The van der Waals surface area contributed by atoms with Gasteiger partial charge in [0.1, 0.15) is 6.54 Å². The Hall–Kier alpha value is -2.78. The van der Waals surface area contributed by atoms with Crippen LogP contribution >= 0.6 is 11.6 Å². The van der Waals surface area contributed by atoms with E-state index in [1.807, 2.05) is 13.8 Å². The Morgan fingerprint density at radius 2 is 1.81 bits per heavy atom. The fourth-order valence-corrected chi connectivity index (χ4v) is 3.65. The maximum Gasteiger partial charge on any atom is 0.260 e. The van der Waals surface area contributed by atoms with Gasteiger partial charge >= 0.3 is 0 Å². The average molecular weight is 468 g/mol. The number of nitrogens with zero attached hydrogens (tertiary/aromatic N) is 2. The molecule has 0 saturated carbocycles. The molecule has 0 unspecified atom stereocenters. The van der Waals surface area contributed by atoms with Crippen molar-refractivity contribution in [1.29, 1.82) is 0 Å². The third-order valence-electron chi connectivity index (χ3n) is 4.10. The van der Waals surface area contributed by atoms with Gasteiger partial charge in [-0.25, -0.2) is 13.8 Å². The first-order valence-corrected chi connectivity index (χ1v) is 11.8. The van der Waals surface area contributed by atoms with Crippen LogP contribution < -0.4 is 19.2 Å². The Bertz CT molecular complexity index is 1060. The van der Waals surface area contributed by atoms with E-state index < -0.39 is 22.5 Å². The molecule has 0 radical (unpaired) electrons. The van der Waals surface area contributed by atoms with Crippen molar-refractivity contribution in [3.05, 3.63) is 52.5 Å². The Morgan fingerprint density at radius 1 is 1.13 bits per heavy atom. The number of aryl methyl sites for hydroxylation is 1. The SMILES string of the molecule is CCOc1ccc(/C=N\NC(=O)CN(c2ccc(C)c(Cl)c2)S(C)(=O)=O)cc1OCC. The highest BCUT2D eigenvalue weighted by molar-refractivity contribution is 7.92. The first kappa shape index (κ1) is 24.5. The molecule has 31 heavy (non-hydrogen) atoms. The third kappa shape index (κ3) is 7.15. The van der Waals surface area contributed by atoms with Crippen molar-refractivity contribution in [3.63, 3.8) is 0 Å². The third-order valence-corrected chi connectivity index (χ3v) is 5.65. The molecule has 0 aliphatic carbocycles. The predicted molar refractivity (Wildman–Crippen MR) is 123 cm³/mol. The lowest BCUT2D eigenvalue weighted by Crippen LogP contribution is -2.39. The number of hydrogen-bond acceptors (Lipinski definition) is 6. The zero-order chi connectivity index (χ0) is 23.0. The van der Waals surface area contributed by atoms with E-state index in [0.717, 1.165) is 16.1 Å². The standard InChI is InChI=1S/C21H26ClN3O5S/c1-5-29-19-10-8-16(11-20(19)30-6-2)13-23-24-21(26)14-25(31(4,27)28)17-9-7-15(3)18(22)12-17/h7-13H,5-6,14H2,1-4H3,(H,24,26)/b23-13-. The quantitative estimate of drug-likeness (QED) is 0.427. The molecule has 0 aromatic heterocycles. The number of anilines is 1. The van der Waals surface area contributed by atoms with Crippen molar-refractivity contribution < 1.29 is 22.7 Å². The molecule has 168 valence electrons. The van der Waals surface area contributed by atoms with Crippen molar-refractivity contribution in [1.82, 2.24) is 5.43 Å². The average Bonchev–Trinajstić information content (AvgIpc) is 2.70. The number of hydrogen-bond donors (Lipinski definition) is 1. The first-order valence-electron chi connectivity index (χ1n) is 9.61. The number of hydrazone groups is 1. The van der Waals surface area contributed by atoms with Gasteiger partial charge < -0.3 is 9.47 Å². The Morgan fingerprint density at radius 3 is 2.42 bits per heavy atom. The molecule has 8 nitrogen and oxygen atoms in total. The molecule has 0 heterocycles. The van der Waals surface area contributed by atoms with E-state index in [9.17, 15) is 13.2 Å². The summed E-state index contributed by atoms with van der Waals surface area (Å²) in [6, 6.07) is 10.0. The lowest BCUT2D eigenvalue weighted by atomic mass is 10.2. The minimum absolute atomic E-state index is 0.296. The van der Waals surface area contributed by atoms with Crippen LogP contribution in [-0.2, 0) is 14.8 Å². The molecule has 0 aliphatic rings. The van der Waals surface area contributed by atoms with E-state index in [0.29, 0.717) is 41.0 Å². The minimum atomic E-state index is -3.71. The number of halogens is 1. The van der Waals surface area contributed by atoms with Crippen LogP contribution in [0, 0.1) is 6.92 Å². The molecule has 0 atom stereocenters. The van der Waals surface area contributed by atoms with Crippen molar-refractivity contribution in [3.8, 4) is 11.5 Å². The predicted octanol–water partition coefficient (Wildman–Crippen LogP) is 3.36. The number of sulfonamides is 1. The molecule has 0 fully saturated rings. The molecular formula is C21H26ClN3O5S. The van der Waals surface area contributed by atoms with Gasteiger partial charge in [-0.2, -0.15) is 5.10 Å². The Labute approximate surface area is 187 Å². The number of amides is 1. The van der Waals surface area contributed by atoms with Crippen molar-refractivity contribution in [2.75, 3.05) is 30.3 Å². The van der Waals surface area contributed by atoms with Gasteiger partial charge in [-0.3, -0.25) is 9.10 Å². The van der Waals surface area contributed by atoms with Crippen molar-refractivity contribution >= 4 is 39.4 Å². The molecule has 0 aliphatic heterocycles. The molecule has 0 spiro atoms. The van der Waals surface area contributed by atoms with Gasteiger partial charge in [0.25, 0.3) is 5.91 Å². The van der Waals surface area contributed by atoms with E-state index in [2.05, 4.69) is 10.5 Å². The molecule has 1 N–H and O–H groups in total. The minimum Gasteiger partial charge on any atom is -0.490 e. The van der Waals surface area contributed by atoms with Crippen LogP contribution in [0.4, 0.5) is 5.69 Å². The summed E-state index contributed by atoms with van der Waals surface area (Å²) in [5.41, 5.74) is 4.12. The van der Waals surface area contributed by atoms with E-state index >= 15 is 0 Å². The van der Waals surface area contributed by atoms with Crippen LogP contribution in [-0.4, -0.2) is 46.6 Å². The van der Waals surface area contributed by atoms with Crippen LogP contribution in [0.1, 0.15) is 25.0 Å². The summed E-state index contributed by atoms with van der Waals surface area (Å²) in [4.78, 5) is 12.3. The summed E-state index contributed by atoms with van der Waals surface area (Å²) in [5.74, 6) is 0.583. The Balaban J connectivity index is 2.10. The van der Waals surface area contributed by atoms with Gasteiger partial charge in [-0.1, -0.05) is 17.7 Å². The summed E-state index contributed by atoms with van der Waals surface area (Å²) in [6.45, 7) is 6.09. The van der Waals surface area contributed by atoms with Crippen LogP contribution in [0.2, 0.25) is 5.02 Å². The molecule has 2 rings (SSSR count). The topological polar surface area (TPSA) is 97.3 Å². The zero-order valence-corrected chi connectivity index (χ0v) is 19.5. The molecule has 1 amide bonds. The first-order chi connectivity index (χ1) is 14.7. The lowest BCUT2D eigenvalue weighted by molar-refractivity contribution is -0.119. The zero-order valence-electron chi connectivity index (χ0n) is 17.9. The number of ether oxygens (including phenoxy) is 2. The summed E-state index contributed by atoms with van der Waals surface area (Å²) in [6.07, 6.45) is 2.45. The molecule has 2 aromatic carbocycles. The van der Waals surface area contributed by atoms with Crippen LogP contribution in [0.3, 0.4) is 0 Å². The molecule has 0 bridgehead atoms. The van der Waals surface area contributed by atoms with Crippen LogP contribution in [0.5, 0.6) is 11.5 Å². The van der Waals surface area contributed by atoms with Gasteiger partial charge in [-0.05, 0) is 62.2 Å². The summed E-state index contributed by atoms with van der Waals surface area (Å²) < 4.78 is 36.4. The number of nitrogens with one attached hydrogen (secondary N) is 1. The van der Waals surface area contributed by atoms with Crippen LogP contribution in [0.25, 0.3) is 0 Å². The van der Waals surface area contributed by atoms with Gasteiger partial charge in [-0.15, -0.1) is 0 Å². The largest absolute Gasteiger partial charge is 0.490 e. The number of benzene rings is 2. The van der Waals surface area contributed by atoms with Crippen molar-refractivity contribution in [2.45, 2.75) is 20.8 Å². The summed E-state index contributed by atoms with van der Waals surface area (Å²) in [7, 11) is -3.71. The fraction of sp³-hybridized carbons (Fsp3) is 0.333. The summed E-state index contributed by atoms with van der Waals surface area (Å²) >= 11 is 6.10. The molecule has 0 saturated heterocycles. The van der Waals surface area contributed by atoms with E-state index in [1.54, 1.807) is 37.3 Å². The lowest BCUT2D eigenvalue weighted by Gasteiger charge is -2.21. The maximum absolute atomic E-state index is 12.3. The van der Waals surface area contributed by atoms with Gasteiger partial charge in [0.05, 0.1) is 31.4 Å². The second-order valence-corrected chi connectivity index (χ2v) is 8.88. The number of carbonyl (C=O) groups excluding carboxylic acids is 1.